The van der Waals surface area contributed by atoms with Crippen LogP contribution in [0, 0.1) is 0 Å². The topological polar surface area (TPSA) is 127 Å². The second kappa shape index (κ2) is 11.6. The Hall–Kier alpha value is -4.24. The summed E-state index contributed by atoms with van der Waals surface area (Å²) < 4.78 is 0.583. The number of hydrogen-bond acceptors (Lipinski definition) is 5. The highest BCUT2D eigenvalue weighted by Crippen LogP contribution is 2.17. The van der Waals surface area contributed by atoms with Crippen molar-refractivity contribution < 1.29 is 24.3 Å². The van der Waals surface area contributed by atoms with Gasteiger partial charge < -0.3 is 25.9 Å². The van der Waals surface area contributed by atoms with E-state index in [1.807, 2.05) is 6.07 Å². The molecule has 0 heterocycles. The molecule has 0 bridgehead atoms. The van der Waals surface area contributed by atoms with E-state index in [9.17, 15) is 24.3 Å². The van der Waals surface area contributed by atoms with Gasteiger partial charge >= 0.3 is 0 Å². The Morgan fingerprint density at radius 3 is 2.12 bits per heavy atom. The molecular formula is C25H19BrN3O5-. The number of aliphatic carboxylic acids is 1. The fraction of sp³-hybridized carbons (Fsp3) is 0.0400. The van der Waals surface area contributed by atoms with Crippen molar-refractivity contribution >= 4 is 51.4 Å². The Morgan fingerprint density at radius 1 is 0.824 bits per heavy atom. The van der Waals surface area contributed by atoms with Gasteiger partial charge in [0.2, 0.25) is 0 Å². The first-order chi connectivity index (χ1) is 16.3. The lowest BCUT2D eigenvalue weighted by atomic mass is 10.1. The highest BCUT2D eigenvalue weighted by Gasteiger charge is 2.17. The zero-order valence-corrected chi connectivity index (χ0v) is 19.3. The smallest absolute Gasteiger partial charge is 0.272 e. The summed E-state index contributed by atoms with van der Waals surface area (Å²) in [5, 5.41) is 18.0. The maximum Gasteiger partial charge on any atom is 0.272 e. The van der Waals surface area contributed by atoms with Gasteiger partial charge in [0.25, 0.3) is 17.7 Å². The minimum atomic E-state index is -1.40. The molecule has 3 rings (SSSR count). The SMILES string of the molecule is O=C([O-])CNC(=O)c1ccc(NC(=O)/C(=C/c2ccccc2)NC(=O)c2ccccc2Br)cc1. The van der Waals surface area contributed by atoms with E-state index in [2.05, 4.69) is 31.9 Å². The van der Waals surface area contributed by atoms with Gasteiger partial charge in [-0.15, -0.1) is 0 Å². The quantitative estimate of drug-likeness (QED) is 0.393. The van der Waals surface area contributed by atoms with Crippen molar-refractivity contribution in [1.82, 2.24) is 10.6 Å². The van der Waals surface area contributed by atoms with E-state index in [4.69, 9.17) is 0 Å². The molecule has 0 aliphatic heterocycles. The molecule has 0 unspecified atom stereocenters. The number of halogens is 1. The number of carboxylic acid groups (broad SMARTS) is 1. The first-order valence-electron chi connectivity index (χ1n) is 10.1. The molecule has 0 radical (unpaired) electrons. The first-order valence-corrected chi connectivity index (χ1v) is 10.8. The van der Waals surface area contributed by atoms with Crippen LogP contribution in [0.4, 0.5) is 5.69 Å². The predicted octanol–water partition coefficient (Wildman–Crippen LogP) is 2.34. The molecule has 0 saturated carbocycles. The summed E-state index contributed by atoms with van der Waals surface area (Å²) in [6.07, 6.45) is 1.55. The number of amides is 3. The maximum atomic E-state index is 13.0. The van der Waals surface area contributed by atoms with Gasteiger partial charge in [0.05, 0.1) is 18.1 Å². The van der Waals surface area contributed by atoms with Gasteiger partial charge in [-0.25, -0.2) is 0 Å². The van der Waals surface area contributed by atoms with Crippen molar-refractivity contribution in [1.29, 1.82) is 0 Å². The summed E-state index contributed by atoms with van der Waals surface area (Å²) in [5.74, 6) is -3.03. The number of carbonyl (C=O) groups excluding carboxylic acids is 4. The lowest BCUT2D eigenvalue weighted by Gasteiger charge is -2.12. The standard InChI is InChI=1S/C25H20BrN3O5/c26-20-9-5-4-8-19(20)24(33)29-21(14-16-6-2-1-3-7-16)25(34)28-18-12-10-17(11-13-18)23(32)27-15-22(30)31/h1-14H,15H2,(H,27,32)(H,28,34)(H,29,33)(H,30,31)/p-1/b21-14-. The van der Waals surface area contributed by atoms with E-state index in [0.717, 1.165) is 0 Å². The largest absolute Gasteiger partial charge is 0.548 e. The van der Waals surface area contributed by atoms with E-state index in [1.54, 1.807) is 54.6 Å². The van der Waals surface area contributed by atoms with Gasteiger partial charge in [0.1, 0.15) is 5.70 Å². The summed E-state index contributed by atoms with van der Waals surface area (Å²) in [6.45, 7) is -0.609. The Balaban J connectivity index is 1.78. The van der Waals surface area contributed by atoms with Crippen LogP contribution in [0.2, 0.25) is 0 Å². The van der Waals surface area contributed by atoms with Crippen LogP contribution in [0.5, 0.6) is 0 Å². The van der Waals surface area contributed by atoms with Crippen LogP contribution in [-0.4, -0.2) is 30.2 Å². The molecule has 0 saturated heterocycles. The number of hydrogen-bond donors (Lipinski definition) is 3. The molecule has 9 heteroatoms. The number of carbonyl (C=O) groups is 4. The predicted molar refractivity (Wildman–Crippen MR) is 128 cm³/mol. The molecule has 0 aliphatic rings. The Morgan fingerprint density at radius 2 is 1.47 bits per heavy atom. The monoisotopic (exact) mass is 520 g/mol. The van der Waals surface area contributed by atoms with E-state index in [-0.39, 0.29) is 11.3 Å². The zero-order valence-electron chi connectivity index (χ0n) is 17.7. The van der Waals surface area contributed by atoms with E-state index >= 15 is 0 Å². The number of rotatable bonds is 8. The molecule has 0 spiro atoms. The summed E-state index contributed by atoms with van der Waals surface area (Å²) in [7, 11) is 0. The normalized spacial score (nSPS) is 10.8. The number of carboxylic acids is 1. The van der Waals surface area contributed by atoms with Crippen molar-refractivity contribution in [2.75, 3.05) is 11.9 Å². The average Bonchev–Trinajstić information content (AvgIpc) is 2.83. The fourth-order valence-electron chi connectivity index (χ4n) is 2.87. The van der Waals surface area contributed by atoms with Crippen LogP contribution in [0.25, 0.3) is 6.08 Å². The van der Waals surface area contributed by atoms with Crippen LogP contribution in [0.15, 0.2) is 89.0 Å². The van der Waals surface area contributed by atoms with Crippen LogP contribution >= 0.6 is 15.9 Å². The lowest BCUT2D eigenvalue weighted by molar-refractivity contribution is -0.303. The number of nitrogens with one attached hydrogen (secondary N) is 3. The second-order valence-electron chi connectivity index (χ2n) is 6.99. The van der Waals surface area contributed by atoms with Gasteiger partial charge in [-0.1, -0.05) is 42.5 Å². The lowest BCUT2D eigenvalue weighted by Crippen LogP contribution is -2.37. The van der Waals surface area contributed by atoms with Crippen LogP contribution in [-0.2, 0) is 9.59 Å². The molecule has 0 aliphatic carbocycles. The van der Waals surface area contributed by atoms with Crippen molar-refractivity contribution in [2.24, 2.45) is 0 Å². The zero-order chi connectivity index (χ0) is 24.5. The van der Waals surface area contributed by atoms with Gasteiger partial charge in [0, 0.05) is 15.7 Å². The molecular weight excluding hydrogens is 502 g/mol. The highest BCUT2D eigenvalue weighted by molar-refractivity contribution is 9.10. The maximum absolute atomic E-state index is 13.0. The molecule has 8 nitrogen and oxygen atoms in total. The molecule has 3 aromatic carbocycles. The molecule has 3 amide bonds. The average molecular weight is 521 g/mol. The molecule has 34 heavy (non-hydrogen) atoms. The second-order valence-corrected chi connectivity index (χ2v) is 7.84. The molecule has 0 aromatic heterocycles. The van der Waals surface area contributed by atoms with E-state index in [1.165, 1.54) is 24.3 Å². The van der Waals surface area contributed by atoms with Gasteiger partial charge in [-0.05, 0) is 64.0 Å². The number of benzene rings is 3. The first kappa shape index (κ1) is 24.4. The highest BCUT2D eigenvalue weighted by atomic mass is 79.9. The van der Waals surface area contributed by atoms with E-state index < -0.39 is 30.2 Å². The third-order valence-electron chi connectivity index (χ3n) is 4.52. The van der Waals surface area contributed by atoms with Crippen molar-refractivity contribution in [3.63, 3.8) is 0 Å². The fourth-order valence-corrected chi connectivity index (χ4v) is 3.33. The third kappa shape index (κ3) is 6.88. The number of anilines is 1. The summed E-state index contributed by atoms with van der Waals surface area (Å²) in [6, 6.07) is 21.7. The molecule has 0 atom stereocenters. The Labute approximate surface area is 203 Å². The van der Waals surface area contributed by atoms with Gasteiger partial charge in [0.15, 0.2) is 0 Å². The van der Waals surface area contributed by atoms with Crippen LogP contribution in [0.1, 0.15) is 26.3 Å². The van der Waals surface area contributed by atoms with Crippen LogP contribution in [0.3, 0.4) is 0 Å². The van der Waals surface area contributed by atoms with Crippen molar-refractivity contribution in [3.8, 4) is 0 Å². The minimum absolute atomic E-state index is 0.0164. The van der Waals surface area contributed by atoms with E-state index in [0.29, 0.717) is 21.3 Å². The van der Waals surface area contributed by atoms with Gasteiger partial charge in [-0.2, -0.15) is 0 Å². The summed E-state index contributed by atoms with van der Waals surface area (Å²) >= 11 is 3.33. The minimum Gasteiger partial charge on any atom is -0.548 e. The Bertz CT molecular complexity index is 1240. The summed E-state index contributed by atoms with van der Waals surface area (Å²) in [4.78, 5) is 48.2. The van der Waals surface area contributed by atoms with Gasteiger partial charge in [-0.3, -0.25) is 14.4 Å². The van der Waals surface area contributed by atoms with Crippen molar-refractivity contribution in [2.45, 2.75) is 0 Å². The van der Waals surface area contributed by atoms with Crippen molar-refractivity contribution in [3.05, 3.63) is 106 Å². The molecule has 0 fully saturated rings. The van der Waals surface area contributed by atoms with Crippen LogP contribution < -0.4 is 21.1 Å². The molecule has 3 aromatic rings. The third-order valence-corrected chi connectivity index (χ3v) is 5.21. The molecule has 172 valence electrons. The Kier molecular flexibility index (Phi) is 8.31. The molecule has 3 N–H and O–H groups in total. The summed E-state index contributed by atoms with van der Waals surface area (Å²) in [5.41, 5.74) is 1.67.